The van der Waals surface area contributed by atoms with Crippen LogP contribution >= 0.6 is 0 Å². The normalized spacial score (nSPS) is 14.1. The fraction of sp³-hybridized carbons (Fsp3) is 0.167. The van der Waals surface area contributed by atoms with E-state index >= 15 is 0 Å². The van der Waals surface area contributed by atoms with Gasteiger partial charge in [0.15, 0.2) is 0 Å². The van der Waals surface area contributed by atoms with Gasteiger partial charge in [-0.3, -0.25) is 0 Å². The molecule has 2 rings (SSSR count). The Morgan fingerprint density at radius 1 is 1.17 bits per heavy atom. The van der Waals surface area contributed by atoms with E-state index in [0.29, 0.717) is 0 Å². The van der Waals surface area contributed by atoms with E-state index in [1.165, 1.54) is 16.7 Å². The molecule has 0 fully saturated rings. The van der Waals surface area contributed by atoms with Crippen LogP contribution < -0.4 is 0 Å². The van der Waals surface area contributed by atoms with Gasteiger partial charge in [-0.05, 0) is 30.0 Å². The molecule has 0 N–H and O–H groups in total. The number of fused-ring (bicyclic) bond motifs is 1. The van der Waals surface area contributed by atoms with E-state index < -0.39 is 0 Å². The van der Waals surface area contributed by atoms with Crippen LogP contribution in [-0.2, 0) is 6.42 Å². The molecular formula is C12H12. The van der Waals surface area contributed by atoms with E-state index in [2.05, 4.69) is 49.4 Å². The Bertz CT molecular complexity index is 343. The molecule has 0 saturated carbocycles. The standard InChI is InChI=1S/C12H12/c1-10-6-5-8-11-7-3-2-4-9-12(10)11/h2-8H,9H2,1H3. The summed E-state index contributed by atoms with van der Waals surface area (Å²) in [6.45, 7) is 2.17. The van der Waals surface area contributed by atoms with Crippen molar-refractivity contribution in [2.75, 3.05) is 0 Å². The van der Waals surface area contributed by atoms with Gasteiger partial charge in [0.05, 0.1) is 0 Å². The van der Waals surface area contributed by atoms with Gasteiger partial charge in [-0.1, -0.05) is 42.5 Å². The van der Waals surface area contributed by atoms with Crippen LogP contribution in [0.15, 0.2) is 36.4 Å². The average molecular weight is 156 g/mol. The van der Waals surface area contributed by atoms with Crippen LogP contribution in [-0.4, -0.2) is 0 Å². The van der Waals surface area contributed by atoms with E-state index in [0.717, 1.165) is 6.42 Å². The van der Waals surface area contributed by atoms with Crippen LogP contribution in [0.5, 0.6) is 0 Å². The SMILES string of the molecule is Cc1cccc2c1CC=CC=C2. The first-order chi connectivity index (χ1) is 5.88. The van der Waals surface area contributed by atoms with E-state index in [9.17, 15) is 0 Å². The van der Waals surface area contributed by atoms with E-state index in [4.69, 9.17) is 0 Å². The van der Waals surface area contributed by atoms with Crippen molar-refractivity contribution in [1.29, 1.82) is 0 Å². The van der Waals surface area contributed by atoms with Crippen molar-refractivity contribution in [2.45, 2.75) is 13.3 Å². The number of aryl methyl sites for hydroxylation is 1. The number of rotatable bonds is 0. The number of hydrogen-bond donors (Lipinski definition) is 0. The summed E-state index contributed by atoms with van der Waals surface area (Å²) < 4.78 is 0. The Balaban J connectivity index is 2.59. The summed E-state index contributed by atoms with van der Waals surface area (Å²) in [6.07, 6.45) is 9.65. The minimum atomic E-state index is 1.06. The van der Waals surface area contributed by atoms with Gasteiger partial charge in [0.1, 0.15) is 0 Å². The summed E-state index contributed by atoms with van der Waals surface area (Å²) in [5.74, 6) is 0. The molecule has 0 saturated heterocycles. The topological polar surface area (TPSA) is 0 Å². The zero-order chi connectivity index (χ0) is 8.39. The summed E-state index contributed by atoms with van der Waals surface area (Å²) in [7, 11) is 0. The van der Waals surface area contributed by atoms with Gasteiger partial charge >= 0.3 is 0 Å². The summed E-state index contributed by atoms with van der Waals surface area (Å²) in [5, 5.41) is 0. The molecule has 1 aromatic carbocycles. The minimum absolute atomic E-state index is 1.06. The van der Waals surface area contributed by atoms with Crippen LogP contribution in [0.3, 0.4) is 0 Å². The van der Waals surface area contributed by atoms with Gasteiger partial charge in [0.25, 0.3) is 0 Å². The smallest absolute Gasteiger partial charge is 0.00858 e. The Kier molecular flexibility index (Phi) is 1.83. The summed E-state index contributed by atoms with van der Waals surface area (Å²) in [4.78, 5) is 0. The maximum atomic E-state index is 2.20. The molecule has 60 valence electrons. The van der Waals surface area contributed by atoms with Crippen molar-refractivity contribution in [3.05, 3.63) is 53.1 Å². The molecule has 1 aromatic rings. The zero-order valence-electron chi connectivity index (χ0n) is 7.25. The Hall–Kier alpha value is -1.30. The van der Waals surface area contributed by atoms with Gasteiger partial charge in [-0.2, -0.15) is 0 Å². The fourth-order valence-corrected chi connectivity index (χ4v) is 1.58. The van der Waals surface area contributed by atoms with Crippen LogP contribution in [0.4, 0.5) is 0 Å². The number of hydrogen-bond acceptors (Lipinski definition) is 0. The van der Waals surface area contributed by atoms with E-state index in [1.54, 1.807) is 0 Å². The minimum Gasteiger partial charge on any atom is -0.0801 e. The Morgan fingerprint density at radius 3 is 3.00 bits per heavy atom. The molecule has 0 spiro atoms. The van der Waals surface area contributed by atoms with Crippen molar-refractivity contribution >= 4 is 6.08 Å². The van der Waals surface area contributed by atoms with Gasteiger partial charge in [-0.15, -0.1) is 0 Å². The second kappa shape index (κ2) is 2.98. The van der Waals surface area contributed by atoms with Gasteiger partial charge in [-0.25, -0.2) is 0 Å². The third kappa shape index (κ3) is 1.20. The lowest BCUT2D eigenvalue weighted by Crippen LogP contribution is -1.89. The first kappa shape index (κ1) is 7.35. The molecule has 0 aromatic heterocycles. The lowest BCUT2D eigenvalue weighted by molar-refractivity contribution is 1.21. The van der Waals surface area contributed by atoms with Gasteiger partial charge < -0.3 is 0 Å². The lowest BCUT2D eigenvalue weighted by Gasteiger charge is -2.05. The lowest BCUT2D eigenvalue weighted by atomic mass is 10.00. The van der Waals surface area contributed by atoms with Gasteiger partial charge in [0, 0.05) is 0 Å². The fourth-order valence-electron chi connectivity index (χ4n) is 1.58. The molecule has 0 bridgehead atoms. The second-order valence-corrected chi connectivity index (χ2v) is 3.13. The molecule has 0 atom stereocenters. The van der Waals surface area contributed by atoms with Crippen molar-refractivity contribution in [3.8, 4) is 0 Å². The van der Waals surface area contributed by atoms with Crippen LogP contribution in [0.1, 0.15) is 16.7 Å². The molecule has 1 aliphatic carbocycles. The second-order valence-electron chi connectivity index (χ2n) is 3.13. The summed E-state index contributed by atoms with van der Waals surface area (Å²) in [5.41, 5.74) is 4.21. The Labute approximate surface area is 73.2 Å². The van der Waals surface area contributed by atoms with Crippen LogP contribution in [0.2, 0.25) is 0 Å². The Morgan fingerprint density at radius 2 is 2.08 bits per heavy atom. The molecule has 12 heavy (non-hydrogen) atoms. The number of benzene rings is 1. The molecule has 0 heteroatoms. The molecule has 0 aliphatic heterocycles. The maximum Gasteiger partial charge on any atom is -0.00858 e. The molecule has 0 heterocycles. The van der Waals surface area contributed by atoms with Crippen LogP contribution in [0, 0.1) is 6.92 Å². The highest BCUT2D eigenvalue weighted by atomic mass is 14.1. The first-order valence-corrected chi connectivity index (χ1v) is 4.29. The predicted octanol–water partition coefficient (Wildman–Crippen LogP) is 3.12. The third-order valence-electron chi connectivity index (χ3n) is 2.29. The predicted molar refractivity (Wildman–Crippen MR) is 53.1 cm³/mol. The van der Waals surface area contributed by atoms with Crippen molar-refractivity contribution in [1.82, 2.24) is 0 Å². The highest BCUT2D eigenvalue weighted by Crippen LogP contribution is 2.18. The monoisotopic (exact) mass is 156 g/mol. The van der Waals surface area contributed by atoms with Crippen molar-refractivity contribution in [2.24, 2.45) is 0 Å². The highest BCUT2D eigenvalue weighted by molar-refractivity contribution is 5.59. The molecule has 1 aliphatic rings. The molecule has 0 radical (unpaired) electrons. The number of allylic oxidation sites excluding steroid dienone is 3. The third-order valence-corrected chi connectivity index (χ3v) is 2.29. The van der Waals surface area contributed by atoms with Crippen LogP contribution in [0.25, 0.3) is 6.08 Å². The summed E-state index contributed by atoms with van der Waals surface area (Å²) in [6, 6.07) is 6.46. The zero-order valence-corrected chi connectivity index (χ0v) is 7.25. The maximum absolute atomic E-state index is 2.20. The van der Waals surface area contributed by atoms with Gasteiger partial charge in [0.2, 0.25) is 0 Å². The highest BCUT2D eigenvalue weighted by Gasteiger charge is 2.01. The summed E-state index contributed by atoms with van der Waals surface area (Å²) >= 11 is 0. The molecular weight excluding hydrogens is 144 g/mol. The largest absolute Gasteiger partial charge is 0.0801 e. The first-order valence-electron chi connectivity index (χ1n) is 4.29. The molecule has 0 amide bonds. The quantitative estimate of drug-likeness (QED) is 0.541. The van der Waals surface area contributed by atoms with Crippen molar-refractivity contribution in [3.63, 3.8) is 0 Å². The molecule has 0 nitrogen and oxygen atoms in total. The van der Waals surface area contributed by atoms with E-state index in [1.807, 2.05) is 0 Å². The molecule has 0 unspecified atom stereocenters. The average Bonchev–Trinajstić information content (AvgIpc) is 2.30. The van der Waals surface area contributed by atoms with E-state index in [-0.39, 0.29) is 0 Å². The van der Waals surface area contributed by atoms with Crippen molar-refractivity contribution < 1.29 is 0 Å².